The van der Waals surface area contributed by atoms with E-state index in [4.69, 9.17) is 5.26 Å². The van der Waals surface area contributed by atoms with Crippen LogP contribution in [-0.4, -0.2) is 41.2 Å². The molecule has 1 atom stereocenters. The van der Waals surface area contributed by atoms with Gasteiger partial charge < -0.3 is 9.80 Å². The lowest BCUT2D eigenvalue weighted by Crippen LogP contribution is -2.59. The molecule has 1 aliphatic heterocycles. The number of hydrogen-bond acceptors (Lipinski definition) is 3. The molecule has 25 heavy (non-hydrogen) atoms. The number of nitriles is 1. The minimum atomic E-state index is -0.510. The van der Waals surface area contributed by atoms with Crippen molar-refractivity contribution in [3.05, 3.63) is 71.3 Å². The molecule has 0 aliphatic carbocycles. The molecule has 2 aromatic carbocycles. The monoisotopic (exact) mass is 333 g/mol. The topological polar surface area (TPSA) is 64.4 Å². The quantitative estimate of drug-likeness (QED) is 0.859. The molecule has 5 nitrogen and oxygen atoms in total. The molecule has 1 fully saturated rings. The van der Waals surface area contributed by atoms with E-state index >= 15 is 0 Å². The van der Waals surface area contributed by atoms with Gasteiger partial charge in [0.15, 0.2) is 0 Å². The van der Waals surface area contributed by atoms with Crippen molar-refractivity contribution in [3.63, 3.8) is 0 Å². The van der Waals surface area contributed by atoms with Crippen LogP contribution in [0, 0.1) is 11.3 Å². The Labute approximate surface area is 147 Å². The molecule has 0 spiro atoms. The average molecular weight is 333 g/mol. The Kier molecular flexibility index (Phi) is 4.80. The van der Waals surface area contributed by atoms with E-state index < -0.39 is 6.04 Å². The summed E-state index contributed by atoms with van der Waals surface area (Å²) in [7, 11) is 1.66. The minimum absolute atomic E-state index is 0.0444. The second kappa shape index (κ2) is 7.18. The van der Waals surface area contributed by atoms with E-state index in [0.717, 1.165) is 11.1 Å². The van der Waals surface area contributed by atoms with E-state index in [0.29, 0.717) is 18.5 Å². The number of rotatable bonds is 4. The Balaban J connectivity index is 1.85. The molecule has 126 valence electrons. The van der Waals surface area contributed by atoms with Crippen molar-refractivity contribution in [1.29, 1.82) is 5.26 Å². The lowest BCUT2D eigenvalue weighted by molar-refractivity contribution is -0.155. The lowest BCUT2D eigenvalue weighted by Gasteiger charge is -2.39. The van der Waals surface area contributed by atoms with Crippen molar-refractivity contribution in [2.24, 2.45) is 0 Å². The van der Waals surface area contributed by atoms with Crippen molar-refractivity contribution in [2.75, 3.05) is 13.6 Å². The van der Waals surface area contributed by atoms with Crippen LogP contribution in [0.15, 0.2) is 54.6 Å². The first-order valence-electron chi connectivity index (χ1n) is 8.16. The second-order valence-corrected chi connectivity index (χ2v) is 6.23. The maximum absolute atomic E-state index is 12.7. The third-order valence-corrected chi connectivity index (χ3v) is 4.44. The van der Waals surface area contributed by atoms with Gasteiger partial charge in [0, 0.05) is 20.0 Å². The summed E-state index contributed by atoms with van der Waals surface area (Å²) in [5, 5.41) is 8.90. The van der Waals surface area contributed by atoms with Crippen molar-refractivity contribution in [1.82, 2.24) is 9.80 Å². The molecular weight excluding hydrogens is 314 g/mol. The first kappa shape index (κ1) is 16.7. The van der Waals surface area contributed by atoms with E-state index in [9.17, 15) is 9.59 Å². The maximum atomic E-state index is 12.7. The summed E-state index contributed by atoms with van der Waals surface area (Å²) in [4.78, 5) is 28.4. The van der Waals surface area contributed by atoms with Crippen molar-refractivity contribution in [3.8, 4) is 6.07 Å². The fourth-order valence-electron chi connectivity index (χ4n) is 3.05. The summed E-state index contributed by atoms with van der Waals surface area (Å²) in [5.74, 6) is -0.107. The van der Waals surface area contributed by atoms with Crippen LogP contribution < -0.4 is 0 Å². The lowest BCUT2D eigenvalue weighted by atomic mass is 10.00. The first-order chi connectivity index (χ1) is 12.1. The maximum Gasteiger partial charge on any atom is 0.245 e. The summed E-state index contributed by atoms with van der Waals surface area (Å²) < 4.78 is 0. The Bertz CT molecular complexity index is 809. The fraction of sp³-hybridized carbons (Fsp3) is 0.250. The molecule has 0 N–H and O–H groups in total. The van der Waals surface area contributed by atoms with Gasteiger partial charge in [-0.3, -0.25) is 9.59 Å². The van der Waals surface area contributed by atoms with E-state index in [1.807, 2.05) is 42.5 Å². The summed E-state index contributed by atoms with van der Waals surface area (Å²) in [6.45, 7) is 0.460. The van der Waals surface area contributed by atoms with Crippen molar-refractivity contribution >= 4 is 11.8 Å². The van der Waals surface area contributed by atoms with Gasteiger partial charge in [0.1, 0.15) is 6.04 Å². The molecule has 0 unspecified atom stereocenters. The Morgan fingerprint density at radius 1 is 1.04 bits per heavy atom. The second-order valence-electron chi connectivity index (χ2n) is 6.23. The Hall–Kier alpha value is -3.13. The summed E-state index contributed by atoms with van der Waals surface area (Å²) in [6, 6.07) is 18.4. The molecule has 1 aliphatic rings. The molecular formula is C20H19N3O2. The predicted molar refractivity (Wildman–Crippen MR) is 93.3 cm³/mol. The van der Waals surface area contributed by atoms with Crippen LogP contribution in [0.4, 0.5) is 0 Å². The highest BCUT2D eigenvalue weighted by molar-refractivity contribution is 5.94. The molecule has 2 aromatic rings. The van der Waals surface area contributed by atoms with Gasteiger partial charge in [-0.05, 0) is 23.3 Å². The number of carbonyl (C=O) groups excluding carboxylic acids is 2. The number of piperazine rings is 1. The Morgan fingerprint density at radius 3 is 2.36 bits per heavy atom. The van der Waals surface area contributed by atoms with E-state index in [1.165, 1.54) is 4.90 Å². The van der Waals surface area contributed by atoms with Gasteiger partial charge in [-0.2, -0.15) is 5.26 Å². The van der Waals surface area contributed by atoms with Crippen LogP contribution in [0.3, 0.4) is 0 Å². The predicted octanol–water partition coefficient (Wildman–Crippen LogP) is 1.97. The highest BCUT2D eigenvalue weighted by Crippen LogP contribution is 2.19. The third-order valence-electron chi connectivity index (χ3n) is 4.44. The zero-order chi connectivity index (χ0) is 17.8. The van der Waals surface area contributed by atoms with Crippen LogP contribution in [-0.2, 0) is 22.6 Å². The summed E-state index contributed by atoms with van der Waals surface area (Å²) in [5.41, 5.74) is 2.50. The fourth-order valence-corrected chi connectivity index (χ4v) is 3.05. The zero-order valence-corrected chi connectivity index (χ0v) is 14.1. The van der Waals surface area contributed by atoms with Gasteiger partial charge in [0.2, 0.25) is 11.8 Å². The molecule has 1 heterocycles. The van der Waals surface area contributed by atoms with Crippen LogP contribution in [0.2, 0.25) is 0 Å². The smallest absolute Gasteiger partial charge is 0.245 e. The summed E-state index contributed by atoms with van der Waals surface area (Å²) >= 11 is 0. The number of likely N-dealkylation sites (N-methyl/N-ethyl adjacent to an activating group) is 1. The van der Waals surface area contributed by atoms with E-state index in [2.05, 4.69) is 6.07 Å². The zero-order valence-electron chi connectivity index (χ0n) is 14.1. The first-order valence-corrected chi connectivity index (χ1v) is 8.16. The van der Waals surface area contributed by atoms with Gasteiger partial charge in [-0.1, -0.05) is 42.5 Å². The molecule has 1 saturated heterocycles. The normalized spacial score (nSPS) is 17.5. The van der Waals surface area contributed by atoms with Gasteiger partial charge in [-0.25, -0.2) is 0 Å². The van der Waals surface area contributed by atoms with Crippen LogP contribution in [0.5, 0.6) is 0 Å². The molecule has 3 rings (SSSR count). The largest absolute Gasteiger partial charge is 0.335 e. The average Bonchev–Trinajstić information content (AvgIpc) is 2.64. The van der Waals surface area contributed by atoms with Crippen molar-refractivity contribution < 1.29 is 9.59 Å². The van der Waals surface area contributed by atoms with Gasteiger partial charge >= 0.3 is 0 Å². The Morgan fingerprint density at radius 2 is 1.72 bits per heavy atom. The highest BCUT2D eigenvalue weighted by atomic mass is 16.2. The molecule has 0 saturated carbocycles. The molecule has 0 radical (unpaired) electrons. The summed E-state index contributed by atoms with van der Waals surface area (Å²) in [6.07, 6.45) is 0.492. The van der Waals surface area contributed by atoms with Crippen molar-refractivity contribution in [2.45, 2.75) is 19.0 Å². The molecule has 5 heteroatoms. The number of carbonyl (C=O) groups is 2. The SMILES string of the molecule is CN1CC(=O)N(Cc2ccc(C#N)cc2)[C@@H](Cc2ccccc2)C1=O. The third kappa shape index (κ3) is 3.69. The standard InChI is InChI=1S/C20H19N3O2/c1-22-14-19(24)23(13-17-9-7-16(12-21)8-10-17)18(20(22)25)11-15-5-3-2-4-6-15/h2-10,18H,11,13-14H2,1H3/t18-/m0/s1. The van der Waals surface area contributed by atoms with Gasteiger partial charge in [0.25, 0.3) is 0 Å². The number of amides is 2. The van der Waals surface area contributed by atoms with E-state index in [1.54, 1.807) is 24.1 Å². The molecule has 0 aromatic heterocycles. The van der Waals surface area contributed by atoms with Gasteiger partial charge in [-0.15, -0.1) is 0 Å². The van der Waals surface area contributed by atoms with Crippen LogP contribution >= 0.6 is 0 Å². The number of benzene rings is 2. The van der Waals surface area contributed by atoms with Crippen LogP contribution in [0.1, 0.15) is 16.7 Å². The highest BCUT2D eigenvalue weighted by Gasteiger charge is 2.37. The van der Waals surface area contributed by atoms with Crippen LogP contribution in [0.25, 0.3) is 0 Å². The van der Waals surface area contributed by atoms with E-state index in [-0.39, 0.29) is 18.4 Å². The number of hydrogen-bond donors (Lipinski definition) is 0. The molecule has 2 amide bonds. The molecule has 0 bridgehead atoms. The minimum Gasteiger partial charge on any atom is -0.335 e. The van der Waals surface area contributed by atoms with Gasteiger partial charge in [0.05, 0.1) is 18.2 Å². The number of nitrogens with zero attached hydrogens (tertiary/aromatic N) is 3.